The lowest BCUT2D eigenvalue weighted by Gasteiger charge is -2.11. The van der Waals surface area contributed by atoms with Gasteiger partial charge in [-0.2, -0.15) is 10.1 Å². The zero-order chi connectivity index (χ0) is 20.2. The van der Waals surface area contributed by atoms with Crippen LogP contribution in [0, 0.1) is 0 Å². The van der Waals surface area contributed by atoms with Gasteiger partial charge in [-0.3, -0.25) is 4.79 Å². The van der Waals surface area contributed by atoms with E-state index in [1.165, 1.54) is 5.01 Å². The van der Waals surface area contributed by atoms with Crippen molar-refractivity contribution in [3.05, 3.63) is 111 Å². The van der Waals surface area contributed by atoms with Crippen molar-refractivity contribution in [1.29, 1.82) is 0 Å². The molecule has 142 valence electrons. The number of halogens is 2. The van der Waals surface area contributed by atoms with Crippen LogP contribution in [0.3, 0.4) is 0 Å². The van der Waals surface area contributed by atoms with Crippen LogP contribution in [-0.4, -0.2) is 23.0 Å². The van der Waals surface area contributed by atoms with E-state index in [0.29, 0.717) is 16.6 Å². The number of amidine groups is 1. The summed E-state index contributed by atoms with van der Waals surface area (Å²) in [5, 5.41) is 6.38. The Hall–Kier alpha value is -3.02. The van der Waals surface area contributed by atoms with E-state index in [1.54, 1.807) is 24.4 Å². The van der Waals surface area contributed by atoms with Crippen LogP contribution in [0.5, 0.6) is 0 Å². The zero-order valence-corrected chi connectivity index (χ0v) is 17.5. The standard InChI is InChI=1S/C23H15BrClN3O/c24-20-9-5-4-8-18(20)14-21-23(29)28(22(27-21)17-6-2-1-3-7-17)26-15-16-10-12-19(25)13-11-16/h1-15H/b21-14-,26-15+. The fraction of sp³-hybridized carbons (Fsp3) is 0. The van der Waals surface area contributed by atoms with Crippen molar-refractivity contribution in [2.75, 3.05) is 0 Å². The Morgan fingerprint density at radius 2 is 1.62 bits per heavy atom. The number of aliphatic imine (C=N–C) groups is 1. The Bertz CT molecular complexity index is 1140. The van der Waals surface area contributed by atoms with Crippen LogP contribution in [0.2, 0.25) is 5.02 Å². The fourth-order valence-corrected chi connectivity index (χ4v) is 3.33. The molecule has 4 nitrogen and oxygen atoms in total. The molecule has 6 heteroatoms. The summed E-state index contributed by atoms with van der Waals surface area (Å²) in [7, 11) is 0. The van der Waals surface area contributed by atoms with E-state index >= 15 is 0 Å². The van der Waals surface area contributed by atoms with Crippen LogP contribution in [-0.2, 0) is 4.79 Å². The summed E-state index contributed by atoms with van der Waals surface area (Å²) < 4.78 is 0.889. The van der Waals surface area contributed by atoms with Crippen molar-refractivity contribution >= 4 is 51.6 Å². The van der Waals surface area contributed by atoms with E-state index < -0.39 is 0 Å². The third-order valence-electron chi connectivity index (χ3n) is 4.26. The Labute approximate surface area is 182 Å². The van der Waals surface area contributed by atoms with E-state index in [2.05, 4.69) is 26.0 Å². The normalized spacial score (nSPS) is 15.4. The molecule has 0 radical (unpaired) electrons. The number of nitrogens with zero attached hydrogens (tertiary/aromatic N) is 3. The predicted molar refractivity (Wildman–Crippen MR) is 121 cm³/mol. The summed E-state index contributed by atoms with van der Waals surface area (Å²) >= 11 is 9.44. The lowest BCUT2D eigenvalue weighted by Crippen LogP contribution is -2.27. The highest BCUT2D eigenvalue weighted by atomic mass is 79.9. The third kappa shape index (κ3) is 4.36. The molecule has 3 aromatic rings. The summed E-state index contributed by atoms with van der Waals surface area (Å²) in [5.41, 5.74) is 2.84. The predicted octanol–water partition coefficient (Wildman–Crippen LogP) is 5.77. The number of hydrazone groups is 1. The van der Waals surface area contributed by atoms with Gasteiger partial charge in [0, 0.05) is 15.1 Å². The SMILES string of the molecule is O=C1/C(=C/c2ccccc2Br)N=C(c2ccccc2)N1/N=C/c1ccc(Cl)cc1. The molecule has 1 amide bonds. The van der Waals surface area contributed by atoms with Gasteiger partial charge in [0.1, 0.15) is 5.70 Å². The highest BCUT2D eigenvalue weighted by Crippen LogP contribution is 2.25. The van der Waals surface area contributed by atoms with E-state index in [0.717, 1.165) is 21.2 Å². The molecule has 4 rings (SSSR count). The first-order valence-corrected chi connectivity index (χ1v) is 10.0. The molecule has 1 aliphatic rings. The molecular formula is C23H15BrClN3O. The molecule has 1 aliphatic heterocycles. The molecule has 0 atom stereocenters. The first kappa shape index (κ1) is 19.3. The Balaban J connectivity index is 1.73. The molecule has 0 bridgehead atoms. The number of rotatable bonds is 4. The van der Waals surface area contributed by atoms with Crippen molar-refractivity contribution in [2.24, 2.45) is 10.1 Å². The Morgan fingerprint density at radius 1 is 0.931 bits per heavy atom. The van der Waals surface area contributed by atoms with Crippen LogP contribution < -0.4 is 0 Å². The molecule has 1 heterocycles. The van der Waals surface area contributed by atoms with E-state index in [-0.39, 0.29) is 5.91 Å². The quantitative estimate of drug-likeness (QED) is 0.357. The first-order valence-electron chi connectivity index (χ1n) is 8.86. The van der Waals surface area contributed by atoms with Gasteiger partial charge in [-0.15, -0.1) is 0 Å². The van der Waals surface area contributed by atoms with Crippen molar-refractivity contribution in [1.82, 2.24) is 5.01 Å². The fourth-order valence-electron chi connectivity index (χ4n) is 2.80. The van der Waals surface area contributed by atoms with Crippen LogP contribution in [0.25, 0.3) is 6.08 Å². The summed E-state index contributed by atoms with van der Waals surface area (Å²) in [6, 6.07) is 24.4. The number of hydrogen-bond acceptors (Lipinski definition) is 3. The van der Waals surface area contributed by atoms with E-state index in [9.17, 15) is 4.79 Å². The minimum Gasteiger partial charge on any atom is -0.265 e. The second-order valence-electron chi connectivity index (χ2n) is 6.27. The van der Waals surface area contributed by atoms with Crippen molar-refractivity contribution < 1.29 is 4.79 Å². The zero-order valence-electron chi connectivity index (χ0n) is 15.2. The molecule has 0 aliphatic carbocycles. The molecule has 0 saturated carbocycles. The van der Waals surface area contributed by atoms with E-state index in [4.69, 9.17) is 11.6 Å². The van der Waals surface area contributed by atoms with Gasteiger partial charge < -0.3 is 0 Å². The maximum Gasteiger partial charge on any atom is 0.298 e. The van der Waals surface area contributed by atoms with Crippen LogP contribution in [0.1, 0.15) is 16.7 Å². The molecule has 0 N–H and O–H groups in total. The highest BCUT2D eigenvalue weighted by Gasteiger charge is 2.31. The molecule has 0 unspecified atom stereocenters. The lowest BCUT2D eigenvalue weighted by molar-refractivity contribution is -0.122. The van der Waals surface area contributed by atoms with Gasteiger partial charge in [0.25, 0.3) is 5.91 Å². The smallest absolute Gasteiger partial charge is 0.265 e. The monoisotopic (exact) mass is 463 g/mol. The number of carbonyl (C=O) groups excluding carboxylic acids is 1. The Kier molecular flexibility index (Phi) is 5.69. The third-order valence-corrected chi connectivity index (χ3v) is 5.23. The summed E-state index contributed by atoms with van der Waals surface area (Å²) in [6.07, 6.45) is 3.38. The lowest BCUT2D eigenvalue weighted by atomic mass is 10.2. The minimum atomic E-state index is -0.287. The van der Waals surface area contributed by atoms with Gasteiger partial charge >= 0.3 is 0 Å². The second kappa shape index (κ2) is 8.55. The molecule has 0 aromatic heterocycles. The van der Waals surface area contributed by atoms with Crippen molar-refractivity contribution in [3.63, 3.8) is 0 Å². The summed E-state index contributed by atoms with van der Waals surface area (Å²) in [6.45, 7) is 0. The average Bonchev–Trinajstić information content (AvgIpc) is 3.05. The molecule has 0 spiro atoms. The molecule has 0 saturated heterocycles. The maximum atomic E-state index is 13.1. The number of benzene rings is 3. The number of hydrogen-bond donors (Lipinski definition) is 0. The molecular weight excluding hydrogens is 450 g/mol. The van der Waals surface area contributed by atoms with Gasteiger partial charge in [-0.25, -0.2) is 4.99 Å². The van der Waals surface area contributed by atoms with Crippen LogP contribution in [0.4, 0.5) is 0 Å². The number of amides is 1. The van der Waals surface area contributed by atoms with Gasteiger partial charge in [0.05, 0.1) is 6.21 Å². The summed E-state index contributed by atoms with van der Waals surface area (Å²) in [4.78, 5) is 17.7. The van der Waals surface area contributed by atoms with Gasteiger partial charge in [-0.05, 0) is 35.4 Å². The van der Waals surface area contributed by atoms with Crippen molar-refractivity contribution in [2.45, 2.75) is 0 Å². The van der Waals surface area contributed by atoms with Crippen LogP contribution in [0.15, 0.2) is 99.1 Å². The minimum absolute atomic E-state index is 0.287. The topological polar surface area (TPSA) is 45.0 Å². The van der Waals surface area contributed by atoms with Gasteiger partial charge in [0.15, 0.2) is 5.84 Å². The molecule has 0 fully saturated rings. The maximum absolute atomic E-state index is 13.1. The average molecular weight is 465 g/mol. The largest absolute Gasteiger partial charge is 0.298 e. The highest BCUT2D eigenvalue weighted by molar-refractivity contribution is 9.10. The van der Waals surface area contributed by atoms with E-state index in [1.807, 2.05) is 66.7 Å². The van der Waals surface area contributed by atoms with Gasteiger partial charge in [0.2, 0.25) is 0 Å². The second-order valence-corrected chi connectivity index (χ2v) is 7.56. The van der Waals surface area contributed by atoms with Crippen molar-refractivity contribution in [3.8, 4) is 0 Å². The molecule has 3 aromatic carbocycles. The Morgan fingerprint density at radius 3 is 2.34 bits per heavy atom. The van der Waals surface area contributed by atoms with Gasteiger partial charge in [-0.1, -0.05) is 88.2 Å². The first-order chi connectivity index (χ1) is 14.1. The number of carbonyl (C=O) groups is 1. The van der Waals surface area contributed by atoms with Crippen LogP contribution >= 0.6 is 27.5 Å². The molecule has 29 heavy (non-hydrogen) atoms. The summed E-state index contributed by atoms with van der Waals surface area (Å²) in [5.74, 6) is 0.198.